The van der Waals surface area contributed by atoms with E-state index in [0.717, 1.165) is 29.0 Å². The number of amides is 1. The standard InChI is InChI=1S/C20H23N3O/c1-5-20(3,4)22-19(24)15-11-12-18-17(13-15)21-14(2)23(18)16-9-7-6-8-10-16/h6-13H,5H2,1-4H3,(H,22,24). The lowest BCUT2D eigenvalue weighted by Crippen LogP contribution is -2.42. The maximum Gasteiger partial charge on any atom is 0.251 e. The monoisotopic (exact) mass is 321 g/mol. The van der Waals surface area contributed by atoms with Crippen molar-refractivity contribution in [2.75, 3.05) is 0 Å². The zero-order chi connectivity index (χ0) is 17.3. The van der Waals surface area contributed by atoms with Gasteiger partial charge in [0.05, 0.1) is 11.0 Å². The number of nitrogens with one attached hydrogen (secondary N) is 1. The lowest BCUT2D eigenvalue weighted by Gasteiger charge is -2.24. The van der Waals surface area contributed by atoms with E-state index in [1.807, 2.05) is 57.2 Å². The van der Waals surface area contributed by atoms with Crippen LogP contribution < -0.4 is 5.32 Å². The van der Waals surface area contributed by atoms with Gasteiger partial charge in [0.25, 0.3) is 5.91 Å². The largest absolute Gasteiger partial charge is 0.347 e. The minimum atomic E-state index is -0.217. The van der Waals surface area contributed by atoms with Crippen LogP contribution in [0.1, 0.15) is 43.4 Å². The molecule has 2 aromatic carbocycles. The van der Waals surface area contributed by atoms with Gasteiger partial charge in [-0.15, -0.1) is 0 Å². The Morgan fingerprint density at radius 1 is 1.17 bits per heavy atom. The second-order valence-corrected chi connectivity index (χ2v) is 6.73. The van der Waals surface area contributed by atoms with Crippen molar-refractivity contribution in [2.24, 2.45) is 0 Å². The number of benzene rings is 2. The maximum absolute atomic E-state index is 12.5. The van der Waals surface area contributed by atoms with Crippen LogP contribution in [0, 0.1) is 6.92 Å². The highest BCUT2D eigenvalue weighted by Crippen LogP contribution is 2.22. The van der Waals surface area contributed by atoms with Gasteiger partial charge < -0.3 is 5.32 Å². The molecule has 0 aliphatic carbocycles. The van der Waals surface area contributed by atoms with E-state index in [-0.39, 0.29) is 11.4 Å². The molecule has 0 saturated carbocycles. The van der Waals surface area contributed by atoms with Crippen LogP contribution in [-0.2, 0) is 0 Å². The minimum absolute atomic E-state index is 0.0596. The number of hydrogen-bond donors (Lipinski definition) is 1. The Kier molecular flexibility index (Phi) is 4.14. The van der Waals surface area contributed by atoms with E-state index >= 15 is 0 Å². The van der Waals surface area contributed by atoms with E-state index < -0.39 is 0 Å². The fraction of sp³-hybridized carbons (Fsp3) is 0.300. The lowest BCUT2D eigenvalue weighted by molar-refractivity contribution is 0.0911. The Balaban J connectivity index is 2.01. The molecular formula is C20H23N3O. The van der Waals surface area contributed by atoms with Crippen LogP contribution in [0.25, 0.3) is 16.7 Å². The number of nitrogens with zero attached hydrogens (tertiary/aromatic N) is 2. The third kappa shape index (κ3) is 3.04. The molecule has 0 saturated heterocycles. The predicted octanol–water partition coefficient (Wildman–Crippen LogP) is 4.25. The SMILES string of the molecule is CCC(C)(C)NC(=O)c1ccc2c(c1)nc(C)n2-c1ccccc1. The summed E-state index contributed by atoms with van der Waals surface area (Å²) in [6.45, 7) is 8.09. The first-order valence-electron chi connectivity index (χ1n) is 8.28. The molecule has 0 unspecified atom stereocenters. The van der Waals surface area contributed by atoms with Gasteiger partial charge in [-0.25, -0.2) is 4.98 Å². The van der Waals surface area contributed by atoms with Crippen LogP contribution in [0.4, 0.5) is 0 Å². The molecule has 1 heterocycles. The summed E-state index contributed by atoms with van der Waals surface area (Å²) in [6, 6.07) is 15.8. The Hall–Kier alpha value is -2.62. The predicted molar refractivity (Wildman–Crippen MR) is 97.6 cm³/mol. The molecular weight excluding hydrogens is 298 g/mol. The summed E-state index contributed by atoms with van der Waals surface area (Å²) < 4.78 is 2.10. The molecule has 0 aliphatic rings. The number of aromatic nitrogens is 2. The summed E-state index contributed by atoms with van der Waals surface area (Å²) in [6.07, 6.45) is 0.878. The van der Waals surface area contributed by atoms with Crippen LogP contribution in [-0.4, -0.2) is 21.0 Å². The van der Waals surface area contributed by atoms with Crippen molar-refractivity contribution in [1.29, 1.82) is 0 Å². The second kappa shape index (κ2) is 6.11. The van der Waals surface area contributed by atoms with Crippen molar-refractivity contribution in [2.45, 2.75) is 39.7 Å². The van der Waals surface area contributed by atoms with E-state index in [1.54, 1.807) is 0 Å². The summed E-state index contributed by atoms with van der Waals surface area (Å²) in [5, 5.41) is 3.07. The molecule has 1 amide bonds. The van der Waals surface area contributed by atoms with Gasteiger partial charge in [0, 0.05) is 16.8 Å². The molecule has 0 bridgehead atoms. The van der Waals surface area contributed by atoms with Crippen molar-refractivity contribution in [1.82, 2.24) is 14.9 Å². The van der Waals surface area contributed by atoms with Gasteiger partial charge >= 0.3 is 0 Å². The number of para-hydroxylation sites is 1. The molecule has 3 aromatic rings. The van der Waals surface area contributed by atoms with Gasteiger partial charge in [-0.2, -0.15) is 0 Å². The molecule has 0 radical (unpaired) electrons. The Labute approximate surface area is 142 Å². The number of carbonyl (C=O) groups excluding carboxylic acids is 1. The van der Waals surface area contributed by atoms with E-state index in [9.17, 15) is 4.79 Å². The fourth-order valence-corrected chi connectivity index (χ4v) is 2.71. The van der Waals surface area contributed by atoms with E-state index in [1.165, 1.54) is 0 Å². The number of rotatable bonds is 4. The molecule has 0 aliphatic heterocycles. The molecule has 0 fully saturated rings. The van der Waals surface area contributed by atoms with Crippen LogP contribution in [0.3, 0.4) is 0 Å². The zero-order valence-corrected chi connectivity index (χ0v) is 14.6. The fourth-order valence-electron chi connectivity index (χ4n) is 2.71. The third-order valence-electron chi connectivity index (χ3n) is 4.43. The number of fused-ring (bicyclic) bond motifs is 1. The molecule has 24 heavy (non-hydrogen) atoms. The first-order valence-corrected chi connectivity index (χ1v) is 8.28. The highest BCUT2D eigenvalue weighted by Gasteiger charge is 2.19. The number of aryl methyl sites for hydroxylation is 1. The molecule has 4 heteroatoms. The molecule has 0 atom stereocenters. The highest BCUT2D eigenvalue weighted by atomic mass is 16.1. The zero-order valence-electron chi connectivity index (χ0n) is 14.6. The summed E-state index contributed by atoms with van der Waals surface area (Å²) in [4.78, 5) is 17.1. The average Bonchev–Trinajstić information content (AvgIpc) is 2.90. The van der Waals surface area contributed by atoms with Crippen LogP contribution in [0.5, 0.6) is 0 Å². The highest BCUT2D eigenvalue weighted by molar-refractivity contribution is 5.98. The molecule has 1 aromatic heterocycles. The summed E-state index contributed by atoms with van der Waals surface area (Å²) in [5.41, 5.74) is 3.33. The average molecular weight is 321 g/mol. The van der Waals surface area contributed by atoms with Gasteiger partial charge in [0.2, 0.25) is 0 Å². The van der Waals surface area contributed by atoms with E-state index in [4.69, 9.17) is 0 Å². The quantitative estimate of drug-likeness (QED) is 0.781. The van der Waals surface area contributed by atoms with Crippen molar-refractivity contribution in [3.8, 4) is 5.69 Å². The third-order valence-corrected chi connectivity index (χ3v) is 4.43. The number of imidazole rings is 1. The first kappa shape index (κ1) is 16.2. The van der Waals surface area contributed by atoms with Crippen molar-refractivity contribution < 1.29 is 4.79 Å². The van der Waals surface area contributed by atoms with Crippen LogP contribution in [0.2, 0.25) is 0 Å². The summed E-state index contributed by atoms with van der Waals surface area (Å²) >= 11 is 0. The van der Waals surface area contributed by atoms with Crippen molar-refractivity contribution in [3.05, 3.63) is 59.9 Å². The minimum Gasteiger partial charge on any atom is -0.347 e. The summed E-state index contributed by atoms with van der Waals surface area (Å²) in [5.74, 6) is 0.846. The van der Waals surface area contributed by atoms with Gasteiger partial charge in [0.1, 0.15) is 5.82 Å². The van der Waals surface area contributed by atoms with Crippen LogP contribution >= 0.6 is 0 Å². The second-order valence-electron chi connectivity index (χ2n) is 6.73. The molecule has 3 rings (SSSR count). The lowest BCUT2D eigenvalue weighted by atomic mass is 10.0. The first-order chi connectivity index (χ1) is 11.4. The van der Waals surface area contributed by atoms with Gasteiger partial charge in [-0.1, -0.05) is 25.1 Å². The Bertz CT molecular complexity index is 879. The molecule has 1 N–H and O–H groups in total. The Morgan fingerprint density at radius 3 is 2.54 bits per heavy atom. The smallest absolute Gasteiger partial charge is 0.251 e. The normalized spacial score (nSPS) is 11.7. The van der Waals surface area contributed by atoms with E-state index in [0.29, 0.717) is 5.56 Å². The van der Waals surface area contributed by atoms with Crippen molar-refractivity contribution in [3.63, 3.8) is 0 Å². The number of hydrogen-bond acceptors (Lipinski definition) is 2. The van der Waals surface area contributed by atoms with Gasteiger partial charge in [0.15, 0.2) is 0 Å². The molecule has 0 spiro atoms. The molecule has 124 valence electrons. The topological polar surface area (TPSA) is 46.9 Å². The van der Waals surface area contributed by atoms with E-state index in [2.05, 4.69) is 33.9 Å². The van der Waals surface area contributed by atoms with Crippen LogP contribution in [0.15, 0.2) is 48.5 Å². The van der Waals surface area contributed by atoms with Gasteiger partial charge in [-0.3, -0.25) is 9.36 Å². The maximum atomic E-state index is 12.5. The summed E-state index contributed by atoms with van der Waals surface area (Å²) in [7, 11) is 0. The van der Waals surface area contributed by atoms with Gasteiger partial charge in [-0.05, 0) is 57.5 Å². The van der Waals surface area contributed by atoms with Crippen molar-refractivity contribution >= 4 is 16.9 Å². The number of carbonyl (C=O) groups is 1. The molecule has 4 nitrogen and oxygen atoms in total. The Morgan fingerprint density at radius 2 is 1.88 bits per heavy atom.